The normalized spacial score (nSPS) is 21.8. The summed E-state index contributed by atoms with van der Waals surface area (Å²) in [7, 11) is 0. The topological polar surface area (TPSA) is 168 Å². The van der Waals surface area contributed by atoms with E-state index in [1.165, 1.54) is 0 Å². The number of ether oxygens (including phenoxy) is 4. The summed E-state index contributed by atoms with van der Waals surface area (Å²) in [5.41, 5.74) is 0.430. The molecule has 1 fully saturated rings. The molecule has 37 heavy (non-hydrogen) atoms. The second-order valence-corrected chi connectivity index (χ2v) is 8.55. The minimum Gasteiger partial charge on any atom is -0.466 e. The number of rotatable bonds is 9. The van der Waals surface area contributed by atoms with Gasteiger partial charge in [-0.15, -0.1) is 0 Å². The van der Waals surface area contributed by atoms with Crippen LogP contribution in [0.15, 0.2) is 35.5 Å². The Morgan fingerprint density at radius 2 is 1.57 bits per heavy atom. The maximum atomic E-state index is 12.6. The number of nitrogens with one attached hydrogen (secondary N) is 2. The molecule has 4 atom stereocenters. The van der Waals surface area contributed by atoms with Crippen LogP contribution in [0.5, 0.6) is 0 Å². The third-order valence-corrected chi connectivity index (χ3v) is 4.76. The summed E-state index contributed by atoms with van der Waals surface area (Å²) < 4.78 is 21.5. The van der Waals surface area contributed by atoms with E-state index >= 15 is 0 Å². The highest BCUT2D eigenvalue weighted by Gasteiger charge is 2.50. The minimum absolute atomic E-state index is 0.0223. The molecule has 0 spiro atoms. The van der Waals surface area contributed by atoms with Gasteiger partial charge in [0.05, 0.1) is 0 Å². The molecule has 0 aromatic heterocycles. The molecule has 13 nitrogen and oxygen atoms in total. The summed E-state index contributed by atoms with van der Waals surface area (Å²) in [5, 5.41) is 8.83. The second-order valence-electron chi connectivity index (χ2n) is 8.55. The number of hydrogen-bond acceptors (Lipinski definition) is 11. The third-order valence-electron chi connectivity index (χ3n) is 4.76. The van der Waals surface area contributed by atoms with Crippen LogP contribution in [0.25, 0.3) is 0 Å². The fourth-order valence-electron chi connectivity index (χ4n) is 3.40. The Balaban J connectivity index is 2.42. The molecule has 1 heterocycles. The van der Waals surface area contributed by atoms with Gasteiger partial charge in [-0.2, -0.15) is 0 Å². The van der Waals surface area contributed by atoms with E-state index in [1.54, 1.807) is 30.3 Å². The van der Waals surface area contributed by atoms with Crippen LogP contribution >= 0.6 is 0 Å². The fraction of sp³-hybridized carbons (Fsp3) is 0.500. The van der Waals surface area contributed by atoms with Crippen LogP contribution in [0.1, 0.15) is 41.0 Å². The van der Waals surface area contributed by atoms with E-state index < -0.39 is 60.9 Å². The highest BCUT2D eigenvalue weighted by molar-refractivity contribution is 5.91. The van der Waals surface area contributed by atoms with Gasteiger partial charge in [0.25, 0.3) is 5.90 Å². The number of nitrogens with zero attached hydrogens (tertiary/aromatic N) is 1. The van der Waals surface area contributed by atoms with Crippen molar-refractivity contribution in [1.82, 2.24) is 5.32 Å². The Kier molecular flexibility index (Phi) is 10.8. The van der Waals surface area contributed by atoms with E-state index in [-0.39, 0.29) is 18.2 Å². The van der Waals surface area contributed by atoms with Crippen molar-refractivity contribution in [3.05, 3.63) is 30.3 Å². The van der Waals surface area contributed by atoms with Gasteiger partial charge >= 0.3 is 24.0 Å². The summed E-state index contributed by atoms with van der Waals surface area (Å²) in [4.78, 5) is 65.1. The van der Waals surface area contributed by atoms with Crippen LogP contribution in [-0.2, 0) is 43.0 Å². The number of esters is 3. The first kappa shape index (κ1) is 29.1. The van der Waals surface area contributed by atoms with E-state index in [1.807, 2.05) is 13.8 Å². The molecule has 1 saturated heterocycles. The molecule has 0 saturated carbocycles. The SMILES string of the molecule is CC(=O)OCC1O/C(=N\OC(=O)Nc2ccccc2)C(NC(=O)CC(C)C)C(OC(C)=O)[C@@H]1OC(C)=O. The van der Waals surface area contributed by atoms with Crippen molar-refractivity contribution in [3.63, 3.8) is 0 Å². The highest BCUT2D eigenvalue weighted by Crippen LogP contribution is 2.25. The maximum absolute atomic E-state index is 12.6. The van der Waals surface area contributed by atoms with E-state index in [9.17, 15) is 24.0 Å². The van der Waals surface area contributed by atoms with Gasteiger partial charge in [-0.05, 0) is 23.2 Å². The molecule has 2 rings (SSSR count). The molecule has 202 valence electrons. The van der Waals surface area contributed by atoms with Gasteiger partial charge in [0.1, 0.15) is 12.6 Å². The summed E-state index contributed by atoms with van der Waals surface area (Å²) in [6.45, 7) is 6.63. The van der Waals surface area contributed by atoms with Crippen LogP contribution in [0, 0.1) is 5.92 Å². The van der Waals surface area contributed by atoms with Gasteiger partial charge in [-0.25, -0.2) is 4.79 Å². The van der Waals surface area contributed by atoms with E-state index in [0.717, 1.165) is 20.8 Å². The molecule has 0 aliphatic carbocycles. The number of carbonyl (C=O) groups excluding carboxylic acids is 5. The van der Waals surface area contributed by atoms with Crippen LogP contribution in [0.2, 0.25) is 0 Å². The number of hydrogen-bond donors (Lipinski definition) is 2. The number of benzene rings is 1. The lowest BCUT2D eigenvalue weighted by Gasteiger charge is -2.41. The summed E-state index contributed by atoms with van der Waals surface area (Å²) in [5.74, 6) is -3.01. The van der Waals surface area contributed by atoms with E-state index in [0.29, 0.717) is 5.69 Å². The first-order valence-corrected chi connectivity index (χ1v) is 11.5. The molecule has 1 aliphatic rings. The predicted octanol–water partition coefficient (Wildman–Crippen LogP) is 1.90. The van der Waals surface area contributed by atoms with Gasteiger partial charge in [-0.1, -0.05) is 32.0 Å². The highest BCUT2D eigenvalue weighted by atomic mass is 16.7. The number of carbonyl (C=O) groups is 5. The van der Waals surface area contributed by atoms with E-state index in [2.05, 4.69) is 15.8 Å². The Bertz CT molecular complexity index is 1010. The second kappa shape index (κ2) is 13.8. The number of amides is 2. The zero-order chi connectivity index (χ0) is 27.5. The van der Waals surface area contributed by atoms with Crippen molar-refractivity contribution < 1.29 is 47.8 Å². The molecule has 1 aromatic rings. The van der Waals surface area contributed by atoms with Crippen LogP contribution in [-0.4, -0.2) is 66.8 Å². The maximum Gasteiger partial charge on any atom is 0.437 e. The molecular formula is C24H31N3O10. The van der Waals surface area contributed by atoms with Gasteiger partial charge in [0.2, 0.25) is 5.91 Å². The molecule has 3 unspecified atom stereocenters. The van der Waals surface area contributed by atoms with Crippen molar-refractivity contribution in [2.45, 2.75) is 65.4 Å². The molecule has 0 bridgehead atoms. The lowest BCUT2D eigenvalue weighted by molar-refractivity contribution is -0.186. The van der Waals surface area contributed by atoms with Gasteiger partial charge in [-0.3, -0.25) is 29.3 Å². The third kappa shape index (κ3) is 9.78. The average molecular weight is 522 g/mol. The molecule has 2 amide bonds. The largest absolute Gasteiger partial charge is 0.466 e. The van der Waals surface area contributed by atoms with E-state index in [4.69, 9.17) is 23.8 Å². The zero-order valence-electron chi connectivity index (χ0n) is 21.2. The Morgan fingerprint density at radius 3 is 2.14 bits per heavy atom. The van der Waals surface area contributed by atoms with Crippen LogP contribution in [0.3, 0.4) is 0 Å². The van der Waals surface area contributed by atoms with Crippen molar-refractivity contribution in [2.24, 2.45) is 11.1 Å². The first-order chi connectivity index (χ1) is 17.5. The quantitative estimate of drug-likeness (QED) is 0.212. The molecular weight excluding hydrogens is 490 g/mol. The van der Waals surface area contributed by atoms with Crippen molar-refractivity contribution in [1.29, 1.82) is 0 Å². The smallest absolute Gasteiger partial charge is 0.437 e. The van der Waals surface area contributed by atoms with Crippen LogP contribution in [0.4, 0.5) is 10.5 Å². The van der Waals surface area contributed by atoms with Crippen molar-refractivity contribution in [3.8, 4) is 0 Å². The van der Waals surface area contributed by atoms with Gasteiger partial charge in [0.15, 0.2) is 18.3 Å². The Hall–Kier alpha value is -4.16. The lowest BCUT2D eigenvalue weighted by atomic mass is 9.96. The predicted molar refractivity (Wildman–Crippen MR) is 128 cm³/mol. The first-order valence-electron chi connectivity index (χ1n) is 11.5. The fourth-order valence-corrected chi connectivity index (χ4v) is 3.40. The Labute approximate surface area is 213 Å². The minimum atomic E-state index is -1.36. The molecule has 13 heteroatoms. The average Bonchev–Trinajstić information content (AvgIpc) is 2.79. The van der Waals surface area contributed by atoms with Gasteiger partial charge in [0, 0.05) is 32.9 Å². The molecule has 2 N–H and O–H groups in total. The number of para-hydroxylation sites is 1. The van der Waals surface area contributed by atoms with Crippen LogP contribution < -0.4 is 10.6 Å². The summed E-state index contributed by atoms with van der Waals surface area (Å²) in [6.07, 6.45) is -4.75. The summed E-state index contributed by atoms with van der Waals surface area (Å²) >= 11 is 0. The molecule has 1 aliphatic heterocycles. The van der Waals surface area contributed by atoms with Crippen molar-refractivity contribution >= 4 is 41.5 Å². The number of anilines is 1. The summed E-state index contributed by atoms with van der Waals surface area (Å²) in [6, 6.07) is 7.09. The monoisotopic (exact) mass is 521 g/mol. The standard InChI is InChI=1S/C24H31N3O10/c1-13(2)11-19(31)26-20-22(35-16(5)30)21(34-15(4)29)18(12-33-14(3)28)36-23(20)27-37-24(32)25-17-9-7-6-8-10-17/h6-10,13,18,20-22H,11-12H2,1-5H3,(H,25,32)(H,26,31)/b27-23-/t18?,20?,21-,22?/m1/s1. The zero-order valence-corrected chi connectivity index (χ0v) is 21.2. The van der Waals surface area contributed by atoms with Gasteiger partial charge < -0.3 is 24.3 Å². The van der Waals surface area contributed by atoms with Crippen molar-refractivity contribution in [2.75, 3.05) is 11.9 Å². The lowest BCUT2D eigenvalue weighted by Crippen LogP contribution is -2.64. The molecule has 0 radical (unpaired) electrons. The Morgan fingerprint density at radius 1 is 0.946 bits per heavy atom. The number of oxime groups is 1. The molecule has 1 aromatic carbocycles.